The molecule has 0 radical (unpaired) electrons. The molecule has 3 aromatic rings. The van der Waals surface area contributed by atoms with E-state index in [2.05, 4.69) is 27.8 Å². The smallest absolute Gasteiger partial charge is 0.243 e. The molecule has 0 aliphatic carbocycles. The number of benzene rings is 2. The van der Waals surface area contributed by atoms with Crippen molar-refractivity contribution in [2.75, 3.05) is 12.4 Å². The Morgan fingerprint density at radius 2 is 2.07 bits per heavy atom. The van der Waals surface area contributed by atoms with Gasteiger partial charge in [0.15, 0.2) is 11.5 Å². The minimum Gasteiger partial charge on any atom is -0.493 e. The van der Waals surface area contributed by atoms with Crippen molar-refractivity contribution in [3.63, 3.8) is 0 Å². The molecule has 154 valence electrons. The van der Waals surface area contributed by atoms with Gasteiger partial charge in [-0.05, 0) is 35.0 Å². The van der Waals surface area contributed by atoms with E-state index >= 15 is 0 Å². The predicted octanol–water partition coefficient (Wildman–Crippen LogP) is 4.47. The maximum absolute atomic E-state index is 13.3. The van der Waals surface area contributed by atoms with E-state index in [1.54, 1.807) is 17.9 Å². The Labute approximate surface area is 173 Å². The first-order chi connectivity index (χ1) is 14.1. The number of aromatic nitrogens is 4. The van der Waals surface area contributed by atoms with Crippen molar-refractivity contribution >= 4 is 17.5 Å². The molecule has 7 nitrogen and oxygen atoms in total. The molecule has 3 rings (SSSR count). The summed E-state index contributed by atoms with van der Waals surface area (Å²) in [6.45, 7) is 3.48. The number of hydrogen-bond donors (Lipinski definition) is 1. The molecule has 0 atom stereocenters. The second kappa shape index (κ2) is 10.1. The van der Waals surface area contributed by atoms with E-state index in [4.69, 9.17) is 21.1 Å². The van der Waals surface area contributed by atoms with Gasteiger partial charge in [0.2, 0.25) is 5.95 Å². The summed E-state index contributed by atoms with van der Waals surface area (Å²) in [6, 6.07) is 9.85. The lowest BCUT2D eigenvalue weighted by Gasteiger charge is -2.16. The summed E-state index contributed by atoms with van der Waals surface area (Å²) in [4.78, 5) is 0. The molecule has 1 heterocycles. The number of ether oxygens (including phenoxy) is 2. The summed E-state index contributed by atoms with van der Waals surface area (Å²) < 4.78 is 26.5. The second-order valence-electron chi connectivity index (χ2n) is 6.41. The quantitative estimate of drug-likeness (QED) is 0.522. The average molecular weight is 420 g/mol. The van der Waals surface area contributed by atoms with Crippen LogP contribution in [0.25, 0.3) is 0 Å². The molecule has 0 spiro atoms. The fourth-order valence-electron chi connectivity index (χ4n) is 2.78. The predicted molar refractivity (Wildman–Crippen MR) is 109 cm³/mol. The summed E-state index contributed by atoms with van der Waals surface area (Å²) >= 11 is 6.11. The van der Waals surface area contributed by atoms with Crippen LogP contribution in [0.4, 0.5) is 10.3 Å². The number of rotatable bonds is 10. The molecule has 9 heteroatoms. The highest BCUT2D eigenvalue weighted by atomic mass is 35.5. The summed E-state index contributed by atoms with van der Waals surface area (Å²) in [5.74, 6) is 1.37. The number of nitrogens with one attached hydrogen (secondary N) is 1. The molecule has 1 aromatic heterocycles. The van der Waals surface area contributed by atoms with Gasteiger partial charge < -0.3 is 14.8 Å². The van der Waals surface area contributed by atoms with Gasteiger partial charge in [0.05, 0.1) is 12.1 Å². The molecule has 0 aliphatic rings. The number of halogens is 2. The fraction of sp³-hybridized carbons (Fsp3) is 0.350. The zero-order valence-electron chi connectivity index (χ0n) is 16.4. The van der Waals surface area contributed by atoms with Gasteiger partial charge in [0.1, 0.15) is 12.4 Å². The van der Waals surface area contributed by atoms with Crippen LogP contribution in [0.3, 0.4) is 0 Å². The lowest BCUT2D eigenvalue weighted by Crippen LogP contribution is -2.10. The molecule has 29 heavy (non-hydrogen) atoms. The number of methoxy groups -OCH3 is 1. The summed E-state index contributed by atoms with van der Waals surface area (Å²) in [6.07, 6.45) is 2.05. The minimum absolute atomic E-state index is 0.181. The number of unbranched alkanes of at least 4 members (excludes halogenated alkanes) is 1. The third-order valence-electron chi connectivity index (χ3n) is 4.36. The topological polar surface area (TPSA) is 74.1 Å². The Balaban J connectivity index is 1.75. The summed E-state index contributed by atoms with van der Waals surface area (Å²) in [5, 5.41) is 15.3. The van der Waals surface area contributed by atoms with Gasteiger partial charge in [-0.15, -0.1) is 0 Å². The van der Waals surface area contributed by atoms with E-state index in [0.29, 0.717) is 34.6 Å². The van der Waals surface area contributed by atoms with E-state index in [9.17, 15) is 4.39 Å². The van der Waals surface area contributed by atoms with Crippen LogP contribution in [0, 0.1) is 5.82 Å². The van der Waals surface area contributed by atoms with Crippen LogP contribution in [0.1, 0.15) is 30.9 Å². The first-order valence-corrected chi connectivity index (χ1v) is 9.72. The average Bonchev–Trinajstić information content (AvgIpc) is 3.17. The van der Waals surface area contributed by atoms with E-state index < -0.39 is 0 Å². The number of para-hydroxylation sites is 1. The molecule has 0 unspecified atom stereocenters. The van der Waals surface area contributed by atoms with Crippen molar-refractivity contribution in [3.8, 4) is 11.5 Å². The van der Waals surface area contributed by atoms with Gasteiger partial charge in [-0.1, -0.05) is 48.2 Å². The Morgan fingerprint density at radius 1 is 1.21 bits per heavy atom. The minimum atomic E-state index is -0.387. The molecule has 1 N–H and O–H groups in total. The zero-order chi connectivity index (χ0) is 20.6. The Bertz CT molecular complexity index is 950. The molecule has 0 fully saturated rings. The standard InChI is InChI=1S/C20H23ClFN5O2/c1-3-4-10-27-20(24-25-26-27)23-12-14-6-5-7-18(28-2)19(14)29-13-15-8-9-16(22)11-17(15)21/h5-9,11H,3-4,10,12-13H2,1-2H3,(H,23,24,26). The second-order valence-corrected chi connectivity index (χ2v) is 6.81. The van der Waals surface area contributed by atoms with Gasteiger partial charge in [-0.2, -0.15) is 0 Å². The lowest BCUT2D eigenvalue weighted by molar-refractivity contribution is 0.281. The molecule has 0 saturated carbocycles. The van der Waals surface area contributed by atoms with Crippen molar-refractivity contribution in [1.82, 2.24) is 20.2 Å². The van der Waals surface area contributed by atoms with Crippen LogP contribution in [0.15, 0.2) is 36.4 Å². The van der Waals surface area contributed by atoms with Gasteiger partial charge in [0.25, 0.3) is 0 Å². The number of hydrogen-bond acceptors (Lipinski definition) is 6. The maximum atomic E-state index is 13.3. The van der Waals surface area contributed by atoms with E-state index in [1.165, 1.54) is 12.1 Å². The monoisotopic (exact) mass is 419 g/mol. The van der Waals surface area contributed by atoms with Crippen molar-refractivity contribution in [2.45, 2.75) is 39.5 Å². The lowest BCUT2D eigenvalue weighted by atomic mass is 10.1. The number of aryl methyl sites for hydroxylation is 1. The van der Waals surface area contributed by atoms with Crippen LogP contribution in [-0.4, -0.2) is 27.3 Å². The highest BCUT2D eigenvalue weighted by Gasteiger charge is 2.14. The molecule has 0 aliphatic heterocycles. The third-order valence-corrected chi connectivity index (χ3v) is 4.71. The first kappa shape index (κ1) is 20.9. The molecule has 2 aromatic carbocycles. The zero-order valence-corrected chi connectivity index (χ0v) is 17.1. The van der Waals surface area contributed by atoms with Crippen LogP contribution in [-0.2, 0) is 19.7 Å². The number of nitrogens with zero attached hydrogens (tertiary/aromatic N) is 4. The van der Waals surface area contributed by atoms with Crippen LogP contribution in [0.2, 0.25) is 5.02 Å². The van der Waals surface area contributed by atoms with Gasteiger partial charge in [-0.25, -0.2) is 9.07 Å². The van der Waals surface area contributed by atoms with Crippen LogP contribution >= 0.6 is 11.6 Å². The van der Waals surface area contributed by atoms with Crippen molar-refractivity contribution in [1.29, 1.82) is 0 Å². The van der Waals surface area contributed by atoms with E-state index in [1.807, 2.05) is 18.2 Å². The van der Waals surface area contributed by atoms with E-state index in [-0.39, 0.29) is 12.4 Å². The van der Waals surface area contributed by atoms with Crippen molar-refractivity contribution in [2.24, 2.45) is 0 Å². The van der Waals surface area contributed by atoms with E-state index in [0.717, 1.165) is 24.9 Å². The van der Waals surface area contributed by atoms with Crippen LogP contribution in [0.5, 0.6) is 11.5 Å². The number of tetrazole rings is 1. The maximum Gasteiger partial charge on any atom is 0.243 e. The first-order valence-electron chi connectivity index (χ1n) is 9.35. The fourth-order valence-corrected chi connectivity index (χ4v) is 3.00. The van der Waals surface area contributed by atoms with Crippen molar-refractivity contribution < 1.29 is 13.9 Å². The highest BCUT2D eigenvalue weighted by Crippen LogP contribution is 2.33. The molecule has 0 saturated heterocycles. The largest absolute Gasteiger partial charge is 0.493 e. The Hall–Kier alpha value is -2.87. The Morgan fingerprint density at radius 3 is 2.83 bits per heavy atom. The Kier molecular flexibility index (Phi) is 7.24. The van der Waals surface area contributed by atoms with Gasteiger partial charge in [-0.3, -0.25) is 0 Å². The molecular weight excluding hydrogens is 397 g/mol. The summed E-state index contributed by atoms with van der Waals surface area (Å²) in [7, 11) is 1.58. The van der Waals surface area contributed by atoms with Crippen LogP contribution < -0.4 is 14.8 Å². The summed E-state index contributed by atoms with van der Waals surface area (Å²) in [5.41, 5.74) is 1.55. The van der Waals surface area contributed by atoms with Gasteiger partial charge >= 0.3 is 0 Å². The SMILES string of the molecule is CCCCn1nnnc1NCc1cccc(OC)c1OCc1ccc(F)cc1Cl. The third kappa shape index (κ3) is 5.35. The molecular formula is C20H23ClFN5O2. The highest BCUT2D eigenvalue weighted by molar-refractivity contribution is 6.31. The normalized spacial score (nSPS) is 10.8. The molecule has 0 bridgehead atoms. The van der Waals surface area contributed by atoms with Gasteiger partial charge in [0, 0.05) is 24.2 Å². The molecule has 0 amide bonds. The van der Waals surface area contributed by atoms with Crippen molar-refractivity contribution in [3.05, 3.63) is 58.4 Å². The number of anilines is 1.